The van der Waals surface area contributed by atoms with Crippen LogP contribution in [0.2, 0.25) is 0 Å². The molecule has 1 aromatic carbocycles. The summed E-state index contributed by atoms with van der Waals surface area (Å²) < 4.78 is 32.3. The van der Waals surface area contributed by atoms with Crippen molar-refractivity contribution in [2.75, 3.05) is 26.8 Å². The highest BCUT2D eigenvalue weighted by Gasteiger charge is 2.38. The van der Waals surface area contributed by atoms with Gasteiger partial charge in [-0.05, 0) is 31.9 Å². The fraction of sp³-hybridized carbons (Fsp3) is 0.529. The average Bonchev–Trinajstić information content (AvgIpc) is 2.62. The summed E-state index contributed by atoms with van der Waals surface area (Å²) in [4.78, 5) is 12.3. The third-order valence-electron chi connectivity index (χ3n) is 4.40. The first-order chi connectivity index (χ1) is 11.9. The summed E-state index contributed by atoms with van der Waals surface area (Å²) in [6.45, 7) is 2.74. The Balaban J connectivity index is 2.21. The van der Waals surface area contributed by atoms with E-state index >= 15 is 0 Å². The van der Waals surface area contributed by atoms with Crippen molar-refractivity contribution < 1.29 is 17.9 Å². The molecule has 0 spiro atoms. The molecule has 1 aromatic rings. The number of carbonyl (C=O) groups excluding carboxylic acids is 1. The van der Waals surface area contributed by atoms with Crippen LogP contribution in [0.25, 0.3) is 0 Å². The first-order valence-corrected chi connectivity index (χ1v) is 9.63. The molecule has 1 fully saturated rings. The number of rotatable bonds is 6. The molecule has 2 rings (SSSR count). The van der Waals surface area contributed by atoms with Crippen LogP contribution >= 0.6 is 0 Å². The van der Waals surface area contributed by atoms with Crippen molar-refractivity contribution in [2.24, 2.45) is 5.92 Å². The Morgan fingerprint density at radius 3 is 2.80 bits per heavy atom. The number of methoxy groups -OCH3 is 1. The number of sulfonamides is 1. The van der Waals surface area contributed by atoms with E-state index in [2.05, 4.69) is 5.32 Å². The van der Waals surface area contributed by atoms with Gasteiger partial charge < -0.3 is 10.1 Å². The molecule has 0 unspecified atom stereocenters. The zero-order valence-corrected chi connectivity index (χ0v) is 15.3. The summed E-state index contributed by atoms with van der Waals surface area (Å²) in [5.41, 5.74) is 0.112. The maximum Gasteiger partial charge on any atom is 0.244 e. The SMILES string of the molecule is COCCNC(=O)[C@@H]1CC[C@H](C)N(S(=O)(=O)c2ccccc2C#N)C1. The van der Waals surface area contributed by atoms with Gasteiger partial charge in [-0.1, -0.05) is 12.1 Å². The average molecular weight is 365 g/mol. The summed E-state index contributed by atoms with van der Waals surface area (Å²) in [6, 6.07) is 7.84. The van der Waals surface area contributed by atoms with E-state index in [4.69, 9.17) is 4.74 Å². The van der Waals surface area contributed by atoms with Crippen LogP contribution in [-0.2, 0) is 19.6 Å². The molecule has 1 saturated heterocycles. The summed E-state index contributed by atoms with van der Waals surface area (Å²) in [7, 11) is -2.29. The Labute approximate surface area is 148 Å². The molecule has 25 heavy (non-hydrogen) atoms. The van der Waals surface area contributed by atoms with Gasteiger partial charge in [-0.3, -0.25) is 4.79 Å². The van der Waals surface area contributed by atoms with Crippen LogP contribution in [0.3, 0.4) is 0 Å². The van der Waals surface area contributed by atoms with E-state index in [1.165, 1.54) is 16.4 Å². The van der Waals surface area contributed by atoms with E-state index in [1.54, 1.807) is 19.2 Å². The highest BCUT2D eigenvalue weighted by molar-refractivity contribution is 7.89. The van der Waals surface area contributed by atoms with Gasteiger partial charge in [0.15, 0.2) is 0 Å². The minimum absolute atomic E-state index is 0.00945. The summed E-state index contributed by atoms with van der Waals surface area (Å²) >= 11 is 0. The van der Waals surface area contributed by atoms with Gasteiger partial charge in [0.25, 0.3) is 0 Å². The van der Waals surface area contributed by atoms with Crippen molar-refractivity contribution in [3.63, 3.8) is 0 Å². The Kier molecular flexibility index (Phi) is 6.53. The Morgan fingerprint density at radius 1 is 1.40 bits per heavy atom. The summed E-state index contributed by atoms with van der Waals surface area (Å²) in [5, 5.41) is 12.0. The summed E-state index contributed by atoms with van der Waals surface area (Å²) in [5.74, 6) is -0.574. The minimum Gasteiger partial charge on any atom is -0.383 e. The van der Waals surface area contributed by atoms with Crippen LogP contribution < -0.4 is 5.32 Å². The van der Waals surface area contributed by atoms with E-state index < -0.39 is 15.9 Å². The third-order valence-corrected chi connectivity index (χ3v) is 6.43. The number of hydrogen-bond acceptors (Lipinski definition) is 5. The van der Waals surface area contributed by atoms with Gasteiger partial charge in [0, 0.05) is 26.2 Å². The second-order valence-corrected chi connectivity index (χ2v) is 7.95. The van der Waals surface area contributed by atoms with Crippen molar-refractivity contribution in [3.8, 4) is 6.07 Å². The fourth-order valence-corrected chi connectivity index (χ4v) is 4.80. The van der Waals surface area contributed by atoms with E-state index in [1.807, 2.05) is 13.0 Å². The molecule has 1 amide bonds. The number of ether oxygens (including phenoxy) is 1. The monoisotopic (exact) mass is 365 g/mol. The lowest BCUT2D eigenvalue weighted by Crippen LogP contribution is -2.49. The van der Waals surface area contributed by atoms with Crippen LogP contribution in [0.15, 0.2) is 29.2 Å². The second-order valence-electron chi connectivity index (χ2n) is 6.09. The number of benzene rings is 1. The number of amides is 1. The highest BCUT2D eigenvalue weighted by atomic mass is 32.2. The maximum atomic E-state index is 13.0. The molecular formula is C17H23N3O4S. The van der Waals surface area contributed by atoms with Gasteiger partial charge >= 0.3 is 0 Å². The molecule has 2 atom stereocenters. The zero-order chi connectivity index (χ0) is 18.4. The molecule has 7 nitrogen and oxygen atoms in total. The number of carbonyl (C=O) groups is 1. The van der Waals surface area contributed by atoms with Crippen molar-refractivity contribution >= 4 is 15.9 Å². The number of nitriles is 1. The Hall–Kier alpha value is -1.95. The Morgan fingerprint density at radius 2 is 2.12 bits per heavy atom. The lowest BCUT2D eigenvalue weighted by molar-refractivity contribution is -0.126. The van der Waals surface area contributed by atoms with E-state index in [-0.39, 0.29) is 29.0 Å². The van der Waals surface area contributed by atoms with Gasteiger partial charge in [0.2, 0.25) is 15.9 Å². The standard InChI is InChI=1S/C17H23N3O4S/c1-13-7-8-15(17(21)19-9-10-24-2)12-20(13)25(22,23)16-6-4-3-5-14(16)11-18/h3-6,13,15H,7-10,12H2,1-2H3,(H,19,21)/t13-,15+/m0/s1. The van der Waals surface area contributed by atoms with E-state index in [9.17, 15) is 18.5 Å². The number of nitrogens with zero attached hydrogens (tertiary/aromatic N) is 2. The largest absolute Gasteiger partial charge is 0.383 e. The highest BCUT2D eigenvalue weighted by Crippen LogP contribution is 2.29. The summed E-state index contributed by atoms with van der Waals surface area (Å²) in [6.07, 6.45) is 1.22. The van der Waals surface area contributed by atoms with Crippen LogP contribution in [0.5, 0.6) is 0 Å². The molecule has 0 saturated carbocycles. The van der Waals surface area contributed by atoms with Crippen LogP contribution in [0.4, 0.5) is 0 Å². The van der Waals surface area contributed by atoms with E-state index in [0.717, 1.165) is 0 Å². The molecule has 0 radical (unpaired) electrons. The molecule has 1 N–H and O–H groups in total. The van der Waals surface area contributed by atoms with Crippen molar-refractivity contribution in [3.05, 3.63) is 29.8 Å². The molecular weight excluding hydrogens is 342 g/mol. The number of hydrogen-bond donors (Lipinski definition) is 1. The molecule has 0 aromatic heterocycles. The number of nitrogens with one attached hydrogen (secondary N) is 1. The molecule has 0 aliphatic carbocycles. The quantitative estimate of drug-likeness (QED) is 0.761. The molecule has 0 bridgehead atoms. The maximum absolute atomic E-state index is 13.0. The zero-order valence-electron chi connectivity index (χ0n) is 14.4. The van der Waals surface area contributed by atoms with Gasteiger partial charge in [0.1, 0.15) is 6.07 Å². The van der Waals surface area contributed by atoms with E-state index in [0.29, 0.717) is 26.0 Å². The van der Waals surface area contributed by atoms with Gasteiger partial charge in [-0.2, -0.15) is 9.57 Å². The lowest BCUT2D eigenvalue weighted by Gasteiger charge is -2.36. The molecule has 1 aliphatic heterocycles. The molecule has 8 heteroatoms. The normalized spacial score (nSPS) is 21.5. The first-order valence-electron chi connectivity index (χ1n) is 8.19. The van der Waals surface area contributed by atoms with Crippen LogP contribution in [-0.4, -0.2) is 51.5 Å². The predicted molar refractivity (Wildman–Crippen MR) is 92.1 cm³/mol. The predicted octanol–water partition coefficient (Wildman–Crippen LogP) is 1.11. The topological polar surface area (TPSA) is 99.5 Å². The third kappa shape index (κ3) is 4.37. The lowest BCUT2D eigenvalue weighted by atomic mass is 9.95. The first kappa shape index (κ1) is 19.4. The molecule has 1 aliphatic rings. The second kappa shape index (κ2) is 8.43. The fourth-order valence-electron chi connectivity index (χ4n) is 2.95. The van der Waals surface area contributed by atoms with Crippen molar-refractivity contribution in [2.45, 2.75) is 30.7 Å². The molecule has 136 valence electrons. The minimum atomic E-state index is -3.84. The van der Waals surface area contributed by atoms with Gasteiger partial charge in [-0.15, -0.1) is 0 Å². The smallest absolute Gasteiger partial charge is 0.244 e. The van der Waals surface area contributed by atoms with Crippen molar-refractivity contribution in [1.29, 1.82) is 5.26 Å². The Bertz CT molecular complexity index is 757. The molecule has 1 heterocycles. The van der Waals surface area contributed by atoms with Gasteiger partial charge in [0.05, 0.1) is 23.0 Å². The van der Waals surface area contributed by atoms with Gasteiger partial charge in [-0.25, -0.2) is 8.42 Å². The van der Waals surface area contributed by atoms with Crippen LogP contribution in [0, 0.1) is 17.2 Å². The van der Waals surface area contributed by atoms with Crippen molar-refractivity contribution in [1.82, 2.24) is 9.62 Å². The van der Waals surface area contributed by atoms with Crippen LogP contribution in [0.1, 0.15) is 25.3 Å². The number of piperidine rings is 1.